The van der Waals surface area contributed by atoms with E-state index in [0.717, 1.165) is 19.6 Å². The highest BCUT2D eigenvalue weighted by Gasteiger charge is 2.28. The molecule has 1 saturated heterocycles. The van der Waals surface area contributed by atoms with Gasteiger partial charge in [-0.15, -0.1) is 0 Å². The van der Waals surface area contributed by atoms with Crippen molar-refractivity contribution in [3.8, 4) is 0 Å². The Morgan fingerprint density at radius 1 is 1.20 bits per heavy atom. The second-order valence-corrected chi connectivity index (χ2v) is 7.86. The van der Waals surface area contributed by atoms with Crippen molar-refractivity contribution in [1.82, 2.24) is 5.32 Å². The van der Waals surface area contributed by atoms with Gasteiger partial charge in [0.05, 0.1) is 0 Å². The molecule has 0 radical (unpaired) electrons. The molecule has 1 unspecified atom stereocenters. The molecule has 1 aliphatic heterocycles. The first-order valence-electron chi connectivity index (χ1n) is 7.54. The number of nitrogens with zero attached hydrogens (tertiary/aromatic N) is 1. The Hall–Kier alpha value is -0.540. The van der Waals surface area contributed by atoms with Gasteiger partial charge in [-0.25, -0.2) is 0 Å². The number of anilines is 1. The van der Waals surface area contributed by atoms with Crippen LogP contribution in [-0.4, -0.2) is 25.7 Å². The van der Waals surface area contributed by atoms with E-state index in [1.807, 2.05) is 0 Å². The van der Waals surface area contributed by atoms with Gasteiger partial charge in [-0.05, 0) is 55.5 Å². The summed E-state index contributed by atoms with van der Waals surface area (Å²) in [6.07, 6.45) is 1.21. The molecule has 0 aliphatic carbocycles. The van der Waals surface area contributed by atoms with E-state index in [1.165, 1.54) is 27.7 Å². The number of halogens is 1. The molecule has 1 atom stereocenters. The van der Waals surface area contributed by atoms with Gasteiger partial charge in [-0.1, -0.05) is 36.7 Å². The Morgan fingerprint density at radius 2 is 1.80 bits per heavy atom. The minimum Gasteiger partial charge on any atom is -0.370 e. The number of benzene rings is 1. The molecule has 1 N–H and O–H groups in total. The van der Waals surface area contributed by atoms with E-state index < -0.39 is 0 Å². The van der Waals surface area contributed by atoms with Crippen LogP contribution < -0.4 is 10.2 Å². The summed E-state index contributed by atoms with van der Waals surface area (Å²) in [4.78, 5) is 2.54. The van der Waals surface area contributed by atoms with Gasteiger partial charge in [0, 0.05) is 29.3 Å². The van der Waals surface area contributed by atoms with Crippen molar-refractivity contribution >= 4 is 21.6 Å². The standard InChI is InChI=1S/C17H27BrN2/c1-12-9-14(10-13(2)16(12)18)20-8-6-7-19-15(11-20)17(3,4)5/h9-10,15,19H,6-8,11H2,1-5H3. The molecule has 0 saturated carbocycles. The maximum atomic E-state index is 3.71. The smallest absolute Gasteiger partial charge is 0.0372 e. The van der Waals surface area contributed by atoms with Crippen molar-refractivity contribution in [1.29, 1.82) is 0 Å². The summed E-state index contributed by atoms with van der Waals surface area (Å²) in [6.45, 7) is 14.7. The fourth-order valence-corrected chi connectivity index (χ4v) is 3.07. The third-order valence-electron chi connectivity index (χ3n) is 4.23. The summed E-state index contributed by atoms with van der Waals surface area (Å²) >= 11 is 3.67. The van der Waals surface area contributed by atoms with Crippen LogP contribution >= 0.6 is 15.9 Å². The number of hydrogen-bond donors (Lipinski definition) is 1. The predicted molar refractivity (Wildman–Crippen MR) is 91.7 cm³/mol. The Labute approximate surface area is 132 Å². The zero-order chi connectivity index (χ0) is 14.9. The summed E-state index contributed by atoms with van der Waals surface area (Å²) < 4.78 is 1.24. The molecule has 1 aromatic carbocycles. The van der Waals surface area contributed by atoms with Gasteiger partial charge in [0.25, 0.3) is 0 Å². The molecule has 0 spiro atoms. The predicted octanol–water partition coefficient (Wildman–Crippen LogP) is 4.28. The van der Waals surface area contributed by atoms with Crippen molar-refractivity contribution < 1.29 is 0 Å². The molecule has 1 aromatic rings. The summed E-state index contributed by atoms with van der Waals surface area (Å²) in [5.74, 6) is 0. The SMILES string of the molecule is Cc1cc(N2CCCNC(C(C)(C)C)C2)cc(C)c1Br. The first-order chi connectivity index (χ1) is 9.29. The zero-order valence-corrected chi connectivity index (χ0v) is 15.0. The van der Waals surface area contributed by atoms with Gasteiger partial charge in [0.1, 0.15) is 0 Å². The van der Waals surface area contributed by atoms with Gasteiger partial charge in [0.2, 0.25) is 0 Å². The molecule has 112 valence electrons. The fourth-order valence-electron chi connectivity index (χ4n) is 2.84. The van der Waals surface area contributed by atoms with Gasteiger partial charge in [0.15, 0.2) is 0 Å². The second kappa shape index (κ2) is 6.07. The highest BCUT2D eigenvalue weighted by molar-refractivity contribution is 9.10. The Morgan fingerprint density at radius 3 is 2.35 bits per heavy atom. The van der Waals surface area contributed by atoms with Gasteiger partial charge in [-0.3, -0.25) is 0 Å². The van der Waals surface area contributed by atoms with Crippen molar-refractivity contribution in [2.75, 3.05) is 24.5 Å². The molecular formula is C17H27BrN2. The van der Waals surface area contributed by atoms with E-state index in [-0.39, 0.29) is 0 Å². The van der Waals surface area contributed by atoms with E-state index in [4.69, 9.17) is 0 Å². The minimum atomic E-state index is 0.294. The molecule has 2 rings (SSSR count). The second-order valence-electron chi connectivity index (χ2n) is 7.07. The largest absolute Gasteiger partial charge is 0.370 e. The lowest BCUT2D eigenvalue weighted by molar-refractivity contribution is 0.280. The van der Waals surface area contributed by atoms with Crippen molar-refractivity contribution in [3.63, 3.8) is 0 Å². The molecule has 1 fully saturated rings. The number of nitrogens with one attached hydrogen (secondary N) is 1. The lowest BCUT2D eigenvalue weighted by Gasteiger charge is -2.35. The number of aryl methyl sites for hydroxylation is 2. The third kappa shape index (κ3) is 3.56. The van der Waals surface area contributed by atoms with Gasteiger partial charge in [-0.2, -0.15) is 0 Å². The average molecular weight is 339 g/mol. The van der Waals surface area contributed by atoms with Crippen LogP contribution in [0.4, 0.5) is 5.69 Å². The highest BCUT2D eigenvalue weighted by atomic mass is 79.9. The van der Waals surface area contributed by atoms with E-state index in [0.29, 0.717) is 11.5 Å². The third-order valence-corrected chi connectivity index (χ3v) is 5.48. The average Bonchev–Trinajstić information content (AvgIpc) is 2.60. The maximum Gasteiger partial charge on any atom is 0.0372 e. The van der Waals surface area contributed by atoms with Crippen LogP contribution in [0.1, 0.15) is 38.3 Å². The van der Waals surface area contributed by atoms with Crippen molar-refractivity contribution in [2.24, 2.45) is 5.41 Å². The summed E-state index contributed by atoms with van der Waals surface area (Å²) in [7, 11) is 0. The Bertz CT molecular complexity index is 453. The lowest BCUT2D eigenvalue weighted by Crippen LogP contribution is -2.46. The van der Waals surface area contributed by atoms with Gasteiger partial charge < -0.3 is 10.2 Å². The highest BCUT2D eigenvalue weighted by Crippen LogP contribution is 2.29. The summed E-state index contributed by atoms with van der Waals surface area (Å²) in [5.41, 5.74) is 4.30. The van der Waals surface area contributed by atoms with Crippen LogP contribution in [0.15, 0.2) is 16.6 Å². The summed E-state index contributed by atoms with van der Waals surface area (Å²) in [6, 6.07) is 5.15. The molecular weight excluding hydrogens is 312 g/mol. The molecule has 1 heterocycles. The number of hydrogen-bond acceptors (Lipinski definition) is 2. The van der Waals surface area contributed by atoms with Crippen LogP contribution in [0.2, 0.25) is 0 Å². The molecule has 20 heavy (non-hydrogen) atoms. The number of rotatable bonds is 1. The van der Waals surface area contributed by atoms with Crippen LogP contribution in [0.5, 0.6) is 0 Å². The van der Waals surface area contributed by atoms with E-state index in [1.54, 1.807) is 0 Å². The van der Waals surface area contributed by atoms with E-state index in [2.05, 4.69) is 72.9 Å². The summed E-state index contributed by atoms with van der Waals surface area (Å²) in [5, 5.41) is 3.71. The van der Waals surface area contributed by atoms with Crippen LogP contribution in [0, 0.1) is 19.3 Å². The van der Waals surface area contributed by atoms with Gasteiger partial charge >= 0.3 is 0 Å². The quantitative estimate of drug-likeness (QED) is 0.822. The van der Waals surface area contributed by atoms with Crippen LogP contribution in [0.3, 0.4) is 0 Å². The molecule has 0 amide bonds. The first-order valence-corrected chi connectivity index (χ1v) is 8.33. The topological polar surface area (TPSA) is 15.3 Å². The van der Waals surface area contributed by atoms with Crippen LogP contribution in [0.25, 0.3) is 0 Å². The van der Waals surface area contributed by atoms with E-state index >= 15 is 0 Å². The van der Waals surface area contributed by atoms with Crippen molar-refractivity contribution in [3.05, 3.63) is 27.7 Å². The normalized spacial score (nSPS) is 20.9. The van der Waals surface area contributed by atoms with Crippen LogP contribution in [-0.2, 0) is 0 Å². The lowest BCUT2D eigenvalue weighted by atomic mass is 9.86. The molecule has 3 heteroatoms. The fraction of sp³-hybridized carbons (Fsp3) is 0.647. The molecule has 1 aliphatic rings. The minimum absolute atomic E-state index is 0.294. The first kappa shape index (κ1) is 15.8. The molecule has 2 nitrogen and oxygen atoms in total. The van der Waals surface area contributed by atoms with Crippen molar-refractivity contribution in [2.45, 2.75) is 47.1 Å². The Balaban J connectivity index is 2.27. The molecule has 0 aromatic heterocycles. The monoisotopic (exact) mass is 338 g/mol. The molecule has 0 bridgehead atoms. The zero-order valence-electron chi connectivity index (χ0n) is 13.4. The van der Waals surface area contributed by atoms with E-state index in [9.17, 15) is 0 Å². The maximum absolute atomic E-state index is 3.71. The Kier molecular flexibility index (Phi) is 4.80.